The quantitative estimate of drug-likeness (QED) is 0.575. The van der Waals surface area contributed by atoms with Gasteiger partial charge < -0.3 is 0 Å². The lowest BCUT2D eigenvalue weighted by Gasteiger charge is -2.18. The Balaban J connectivity index is 1.86. The van der Waals surface area contributed by atoms with Crippen LogP contribution in [0.1, 0.15) is 28.2 Å². The highest BCUT2D eigenvalue weighted by atomic mass is 14.2. The third kappa shape index (κ3) is 3.85. The van der Waals surface area contributed by atoms with E-state index in [4.69, 9.17) is 0 Å². The van der Waals surface area contributed by atoms with Gasteiger partial charge in [-0.2, -0.15) is 0 Å². The maximum Gasteiger partial charge on any atom is -0.00810 e. The van der Waals surface area contributed by atoms with Crippen LogP contribution in [0.2, 0.25) is 0 Å². The molecule has 0 N–H and O–H groups in total. The third-order valence-electron chi connectivity index (χ3n) is 4.16. The Morgan fingerprint density at radius 2 is 1.23 bits per heavy atom. The van der Waals surface area contributed by atoms with Crippen LogP contribution in [0, 0.1) is 6.92 Å². The molecule has 0 aliphatic carbocycles. The van der Waals surface area contributed by atoms with Gasteiger partial charge in [-0.25, -0.2) is 0 Å². The average molecular weight is 286 g/mol. The number of hydrogen-bond donors (Lipinski definition) is 0. The zero-order valence-corrected chi connectivity index (χ0v) is 13.1. The monoisotopic (exact) mass is 286 g/mol. The summed E-state index contributed by atoms with van der Waals surface area (Å²) in [5, 5.41) is 0. The zero-order valence-electron chi connectivity index (χ0n) is 13.1. The third-order valence-corrected chi connectivity index (χ3v) is 4.16. The summed E-state index contributed by atoms with van der Waals surface area (Å²) in [7, 11) is 0. The topological polar surface area (TPSA) is 0 Å². The van der Waals surface area contributed by atoms with Gasteiger partial charge in [0.15, 0.2) is 0 Å². The molecule has 0 aliphatic heterocycles. The summed E-state index contributed by atoms with van der Waals surface area (Å²) >= 11 is 0. The molecule has 0 spiro atoms. The first-order valence-electron chi connectivity index (χ1n) is 7.96. The summed E-state index contributed by atoms with van der Waals surface area (Å²) in [6.45, 7) is 2.16. The van der Waals surface area contributed by atoms with Crippen LogP contribution in [-0.2, 0) is 12.8 Å². The van der Waals surface area contributed by atoms with Gasteiger partial charge in [0.05, 0.1) is 0 Å². The molecule has 0 nitrogen and oxygen atoms in total. The van der Waals surface area contributed by atoms with Crippen LogP contribution in [0.3, 0.4) is 0 Å². The molecule has 0 aromatic heterocycles. The molecule has 0 saturated carbocycles. The molecule has 3 aromatic rings. The predicted octanol–water partition coefficient (Wildman–Crippen LogP) is 5.56. The Bertz CT molecular complexity index is 698. The van der Waals surface area contributed by atoms with Gasteiger partial charge in [0.1, 0.15) is 0 Å². The van der Waals surface area contributed by atoms with E-state index in [-0.39, 0.29) is 0 Å². The average Bonchev–Trinajstić information content (AvgIpc) is 2.56. The van der Waals surface area contributed by atoms with Gasteiger partial charge >= 0.3 is 0 Å². The molecule has 0 unspecified atom stereocenters. The van der Waals surface area contributed by atoms with Gasteiger partial charge in [0, 0.05) is 0 Å². The Hall–Kier alpha value is -2.34. The minimum absolute atomic E-state index is 0.519. The normalized spacial score (nSPS) is 12.0. The summed E-state index contributed by atoms with van der Waals surface area (Å²) in [5.74, 6) is 0.519. The lowest BCUT2D eigenvalue weighted by Crippen LogP contribution is -2.07. The fourth-order valence-electron chi connectivity index (χ4n) is 3.06. The minimum Gasteiger partial charge on any atom is -0.0622 e. The Labute approximate surface area is 133 Å². The molecule has 0 heterocycles. The van der Waals surface area contributed by atoms with E-state index in [1.807, 2.05) is 0 Å². The summed E-state index contributed by atoms with van der Waals surface area (Å²) in [4.78, 5) is 0. The largest absolute Gasteiger partial charge is 0.0622 e. The van der Waals surface area contributed by atoms with E-state index >= 15 is 0 Å². The van der Waals surface area contributed by atoms with Crippen LogP contribution >= 0.6 is 0 Å². The molecule has 0 saturated heterocycles. The van der Waals surface area contributed by atoms with E-state index < -0.39 is 0 Å². The second-order valence-corrected chi connectivity index (χ2v) is 5.99. The zero-order chi connectivity index (χ0) is 15.2. The van der Waals surface area contributed by atoms with Gasteiger partial charge in [0.25, 0.3) is 0 Å². The van der Waals surface area contributed by atoms with E-state index in [9.17, 15) is 0 Å². The van der Waals surface area contributed by atoms with E-state index in [0.29, 0.717) is 5.92 Å². The standard InChI is InChI=1S/C22H22/c1-18-9-8-12-20(15-18)17-22(21-13-6-3-7-14-21)16-19-10-4-2-5-11-19/h2-15,22H,16-17H2,1H3/t22-/m1/s1. The van der Waals surface area contributed by atoms with Crippen molar-refractivity contribution in [3.8, 4) is 0 Å². The van der Waals surface area contributed by atoms with Crippen LogP contribution in [-0.4, -0.2) is 0 Å². The predicted molar refractivity (Wildman–Crippen MR) is 94.2 cm³/mol. The van der Waals surface area contributed by atoms with Gasteiger partial charge in [-0.1, -0.05) is 90.5 Å². The lowest BCUT2D eigenvalue weighted by atomic mass is 9.86. The van der Waals surface area contributed by atoms with Crippen molar-refractivity contribution >= 4 is 0 Å². The first kappa shape index (κ1) is 14.6. The number of benzene rings is 3. The molecule has 0 bridgehead atoms. The fraction of sp³-hybridized carbons (Fsp3) is 0.182. The summed E-state index contributed by atoms with van der Waals surface area (Å²) in [6.07, 6.45) is 2.17. The second kappa shape index (κ2) is 7.09. The summed E-state index contributed by atoms with van der Waals surface area (Å²) in [5.41, 5.74) is 5.59. The second-order valence-electron chi connectivity index (χ2n) is 5.99. The highest BCUT2D eigenvalue weighted by Crippen LogP contribution is 2.25. The van der Waals surface area contributed by atoms with Gasteiger partial charge in [-0.05, 0) is 42.4 Å². The van der Waals surface area contributed by atoms with Gasteiger partial charge in [0.2, 0.25) is 0 Å². The molecule has 110 valence electrons. The molecule has 3 rings (SSSR count). The molecular formula is C22H22. The molecule has 0 radical (unpaired) electrons. The molecule has 22 heavy (non-hydrogen) atoms. The smallest absolute Gasteiger partial charge is 0.00810 e. The molecule has 3 aromatic carbocycles. The first-order chi connectivity index (χ1) is 10.8. The molecule has 0 amide bonds. The Kier molecular flexibility index (Phi) is 4.70. The van der Waals surface area contributed by atoms with Crippen molar-refractivity contribution in [3.63, 3.8) is 0 Å². The Morgan fingerprint density at radius 3 is 1.91 bits per heavy atom. The van der Waals surface area contributed by atoms with E-state index in [0.717, 1.165) is 12.8 Å². The van der Waals surface area contributed by atoms with Gasteiger partial charge in [-0.3, -0.25) is 0 Å². The SMILES string of the molecule is Cc1cccc(C[C@@H](Cc2ccccc2)c2ccccc2)c1. The number of rotatable bonds is 5. The maximum atomic E-state index is 2.31. The molecule has 1 atom stereocenters. The highest BCUT2D eigenvalue weighted by Gasteiger charge is 2.13. The van der Waals surface area contributed by atoms with Crippen LogP contribution < -0.4 is 0 Å². The van der Waals surface area contributed by atoms with Crippen molar-refractivity contribution in [2.75, 3.05) is 0 Å². The van der Waals surface area contributed by atoms with Crippen molar-refractivity contribution < 1.29 is 0 Å². The molecule has 0 heteroatoms. The Morgan fingerprint density at radius 1 is 0.636 bits per heavy atom. The van der Waals surface area contributed by atoms with Crippen LogP contribution in [0.4, 0.5) is 0 Å². The first-order valence-corrected chi connectivity index (χ1v) is 7.96. The van der Waals surface area contributed by atoms with E-state index in [1.165, 1.54) is 22.3 Å². The summed E-state index contributed by atoms with van der Waals surface area (Å²) < 4.78 is 0. The van der Waals surface area contributed by atoms with Crippen molar-refractivity contribution in [2.45, 2.75) is 25.7 Å². The summed E-state index contributed by atoms with van der Waals surface area (Å²) in [6, 6.07) is 30.6. The number of aryl methyl sites for hydroxylation is 1. The molecule has 0 fully saturated rings. The van der Waals surface area contributed by atoms with Crippen LogP contribution in [0.15, 0.2) is 84.9 Å². The van der Waals surface area contributed by atoms with Crippen molar-refractivity contribution in [1.82, 2.24) is 0 Å². The molecular weight excluding hydrogens is 264 g/mol. The number of hydrogen-bond acceptors (Lipinski definition) is 0. The highest BCUT2D eigenvalue weighted by molar-refractivity contribution is 5.29. The molecule has 0 aliphatic rings. The van der Waals surface area contributed by atoms with E-state index in [1.54, 1.807) is 0 Å². The lowest BCUT2D eigenvalue weighted by molar-refractivity contribution is 0.680. The van der Waals surface area contributed by atoms with Gasteiger partial charge in [-0.15, -0.1) is 0 Å². The van der Waals surface area contributed by atoms with Crippen LogP contribution in [0.5, 0.6) is 0 Å². The van der Waals surface area contributed by atoms with E-state index in [2.05, 4.69) is 91.9 Å². The minimum atomic E-state index is 0.519. The van der Waals surface area contributed by atoms with Crippen molar-refractivity contribution in [2.24, 2.45) is 0 Å². The van der Waals surface area contributed by atoms with Crippen molar-refractivity contribution in [1.29, 1.82) is 0 Å². The maximum absolute atomic E-state index is 2.31. The van der Waals surface area contributed by atoms with Crippen LogP contribution in [0.25, 0.3) is 0 Å². The fourth-order valence-corrected chi connectivity index (χ4v) is 3.06. The van der Waals surface area contributed by atoms with Crippen molar-refractivity contribution in [3.05, 3.63) is 107 Å².